The van der Waals surface area contributed by atoms with Crippen LogP contribution >= 0.6 is 11.6 Å². The van der Waals surface area contributed by atoms with Gasteiger partial charge < -0.3 is 29.2 Å². The summed E-state index contributed by atoms with van der Waals surface area (Å²) < 4.78 is 22.2. The van der Waals surface area contributed by atoms with E-state index in [1.807, 2.05) is 31.2 Å². The Balaban J connectivity index is 1.95. The van der Waals surface area contributed by atoms with Crippen LogP contribution in [-0.4, -0.2) is 63.1 Å². The third kappa shape index (κ3) is 8.19. The van der Waals surface area contributed by atoms with E-state index in [1.54, 1.807) is 38.4 Å². The second kappa shape index (κ2) is 15.6. The van der Waals surface area contributed by atoms with E-state index in [4.69, 9.17) is 30.5 Å². The first-order chi connectivity index (χ1) is 19.3. The van der Waals surface area contributed by atoms with Crippen molar-refractivity contribution in [2.75, 3.05) is 40.4 Å². The first-order valence-corrected chi connectivity index (χ1v) is 14.6. The van der Waals surface area contributed by atoms with Crippen LogP contribution in [0.2, 0.25) is 0 Å². The van der Waals surface area contributed by atoms with Gasteiger partial charge in [-0.3, -0.25) is 9.59 Å². The van der Waals surface area contributed by atoms with Crippen molar-refractivity contribution in [1.82, 2.24) is 10.2 Å². The summed E-state index contributed by atoms with van der Waals surface area (Å²) in [7, 11) is 4.73. The highest BCUT2D eigenvalue weighted by Gasteiger charge is 2.33. The van der Waals surface area contributed by atoms with Gasteiger partial charge in [0, 0.05) is 12.6 Å². The Hall–Kier alpha value is -3.13. The fraction of sp³-hybridized carbons (Fsp3) is 0.548. The van der Waals surface area contributed by atoms with Crippen LogP contribution in [0.15, 0.2) is 36.4 Å². The van der Waals surface area contributed by atoms with Crippen molar-refractivity contribution in [2.45, 2.75) is 64.5 Å². The fourth-order valence-corrected chi connectivity index (χ4v) is 5.26. The Morgan fingerprint density at radius 3 is 2.23 bits per heavy atom. The molecule has 2 aromatic carbocycles. The predicted molar refractivity (Wildman–Crippen MR) is 157 cm³/mol. The summed E-state index contributed by atoms with van der Waals surface area (Å²) in [5, 5.41) is 3.23. The van der Waals surface area contributed by atoms with Gasteiger partial charge in [0.15, 0.2) is 23.0 Å². The summed E-state index contributed by atoms with van der Waals surface area (Å²) in [6, 6.07) is 10.2. The maximum Gasteiger partial charge on any atom is 0.247 e. The molecule has 1 aliphatic rings. The fourth-order valence-electron chi connectivity index (χ4n) is 5.10. The molecule has 0 saturated heterocycles. The zero-order valence-corrected chi connectivity index (χ0v) is 25.1. The monoisotopic (exact) mass is 574 g/mol. The summed E-state index contributed by atoms with van der Waals surface area (Å²) in [5.41, 5.74) is 1.57. The van der Waals surface area contributed by atoms with Gasteiger partial charge in [-0.25, -0.2) is 0 Å². The second-order valence-electron chi connectivity index (χ2n) is 10.3. The molecule has 0 aliphatic heterocycles. The lowest BCUT2D eigenvalue weighted by Gasteiger charge is -2.34. The maximum atomic E-state index is 14.0. The molecule has 1 aliphatic carbocycles. The molecule has 1 fully saturated rings. The minimum Gasteiger partial charge on any atom is -0.493 e. The number of methoxy groups -OCH3 is 3. The van der Waals surface area contributed by atoms with Gasteiger partial charge in [0.05, 0.1) is 27.9 Å². The van der Waals surface area contributed by atoms with Crippen LogP contribution in [0.4, 0.5) is 0 Å². The number of hydrogen-bond donors (Lipinski definition) is 1. The van der Waals surface area contributed by atoms with Gasteiger partial charge in [0.2, 0.25) is 11.8 Å². The van der Waals surface area contributed by atoms with E-state index in [9.17, 15) is 9.59 Å². The molecule has 220 valence electrons. The van der Waals surface area contributed by atoms with Gasteiger partial charge in [-0.05, 0) is 79.8 Å². The zero-order valence-electron chi connectivity index (χ0n) is 24.3. The quantitative estimate of drug-likeness (QED) is 0.298. The Morgan fingerprint density at radius 1 is 0.950 bits per heavy atom. The Bertz CT molecular complexity index is 1120. The number of alkyl halides is 1. The molecule has 0 spiro atoms. The van der Waals surface area contributed by atoms with Crippen molar-refractivity contribution in [3.8, 4) is 23.0 Å². The molecule has 2 aromatic rings. The predicted octanol–water partition coefficient (Wildman–Crippen LogP) is 5.55. The van der Waals surface area contributed by atoms with Crippen LogP contribution in [0.25, 0.3) is 0 Å². The Kier molecular flexibility index (Phi) is 12.2. The first-order valence-electron chi connectivity index (χ1n) is 14.0. The van der Waals surface area contributed by atoms with E-state index >= 15 is 0 Å². The van der Waals surface area contributed by atoms with Gasteiger partial charge in [0.1, 0.15) is 11.9 Å². The number of nitrogens with one attached hydrogen (secondary N) is 1. The number of nitrogens with zero attached hydrogens (tertiary/aromatic N) is 1. The molecule has 0 aromatic heterocycles. The van der Waals surface area contributed by atoms with E-state index in [0.29, 0.717) is 47.5 Å². The van der Waals surface area contributed by atoms with E-state index in [0.717, 1.165) is 37.7 Å². The zero-order chi connectivity index (χ0) is 29.1. The third-order valence-corrected chi connectivity index (χ3v) is 7.64. The molecule has 1 N–H and O–H groups in total. The van der Waals surface area contributed by atoms with Gasteiger partial charge in [-0.1, -0.05) is 26.0 Å². The van der Waals surface area contributed by atoms with E-state index < -0.39 is 6.04 Å². The van der Waals surface area contributed by atoms with Crippen molar-refractivity contribution >= 4 is 23.4 Å². The number of halogens is 1. The number of carbonyl (C=O) groups excluding carboxylic acids is 2. The highest BCUT2D eigenvalue weighted by molar-refractivity contribution is 6.27. The average molecular weight is 575 g/mol. The van der Waals surface area contributed by atoms with Crippen molar-refractivity contribution in [2.24, 2.45) is 5.92 Å². The smallest absolute Gasteiger partial charge is 0.247 e. The topological polar surface area (TPSA) is 86.3 Å². The maximum absolute atomic E-state index is 14.0. The molecule has 0 unspecified atom stereocenters. The minimum absolute atomic E-state index is 0.0686. The van der Waals surface area contributed by atoms with E-state index in [2.05, 4.69) is 12.2 Å². The van der Waals surface area contributed by atoms with Gasteiger partial charge in [0.25, 0.3) is 0 Å². The lowest BCUT2D eigenvalue weighted by atomic mass is 9.87. The minimum atomic E-state index is -0.889. The van der Waals surface area contributed by atoms with E-state index in [1.165, 1.54) is 0 Å². The second-order valence-corrected chi connectivity index (χ2v) is 10.6. The summed E-state index contributed by atoms with van der Waals surface area (Å²) >= 11 is 6.10. The summed E-state index contributed by atoms with van der Waals surface area (Å²) in [5.74, 6) is 2.17. The molecule has 40 heavy (non-hydrogen) atoms. The first kappa shape index (κ1) is 31.4. The van der Waals surface area contributed by atoms with Gasteiger partial charge >= 0.3 is 0 Å². The summed E-state index contributed by atoms with van der Waals surface area (Å²) in [6.07, 6.45) is 5.31. The molecule has 0 radical (unpaired) electrons. The number of carbonyl (C=O) groups is 2. The molecular weight excluding hydrogens is 532 g/mol. The highest BCUT2D eigenvalue weighted by Crippen LogP contribution is 2.34. The molecule has 0 heterocycles. The third-order valence-electron chi connectivity index (χ3n) is 7.41. The van der Waals surface area contributed by atoms with Gasteiger partial charge in [-0.15, -0.1) is 11.6 Å². The molecule has 8 nitrogen and oxygen atoms in total. The molecule has 0 bridgehead atoms. The lowest BCUT2D eigenvalue weighted by molar-refractivity contribution is -0.139. The molecular formula is C31H43ClN2O6. The largest absolute Gasteiger partial charge is 0.493 e. The Labute approximate surface area is 243 Å². The van der Waals surface area contributed by atoms with Crippen LogP contribution in [0, 0.1) is 5.92 Å². The lowest BCUT2D eigenvalue weighted by Crippen LogP contribution is -2.48. The van der Waals surface area contributed by atoms with Crippen LogP contribution in [0.1, 0.15) is 63.1 Å². The normalized spacial score (nSPS) is 17.4. The van der Waals surface area contributed by atoms with Gasteiger partial charge in [-0.2, -0.15) is 0 Å². The van der Waals surface area contributed by atoms with Crippen molar-refractivity contribution < 1.29 is 28.5 Å². The van der Waals surface area contributed by atoms with Crippen LogP contribution in [0.5, 0.6) is 23.0 Å². The molecule has 3 rings (SSSR count). The van der Waals surface area contributed by atoms with Crippen molar-refractivity contribution in [3.05, 3.63) is 47.5 Å². The average Bonchev–Trinajstić information content (AvgIpc) is 2.98. The SMILES string of the molecule is CCCOc1ccc([C@@H](C(=O)NC2CCC(C)CC2)N(CCc2ccc(OC)c(OC)c2)C(=O)CCl)cc1OC. The highest BCUT2D eigenvalue weighted by atomic mass is 35.5. The summed E-state index contributed by atoms with van der Waals surface area (Å²) in [4.78, 5) is 28.8. The molecule has 1 atom stereocenters. The van der Waals surface area contributed by atoms with E-state index in [-0.39, 0.29) is 30.3 Å². The van der Waals surface area contributed by atoms with Crippen molar-refractivity contribution in [1.29, 1.82) is 0 Å². The van der Waals surface area contributed by atoms with Crippen LogP contribution < -0.4 is 24.3 Å². The molecule has 2 amide bonds. The number of rotatable bonds is 14. The molecule has 9 heteroatoms. The number of hydrogen-bond acceptors (Lipinski definition) is 6. The van der Waals surface area contributed by atoms with Crippen LogP contribution in [0.3, 0.4) is 0 Å². The standard InChI is InChI=1S/C31H43ClN2O6/c1-6-17-40-26-14-10-23(19-28(26)39-5)30(31(36)33-24-11-7-21(2)8-12-24)34(29(35)20-32)16-15-22-9-13-25(37-3)27(18-22)38-4/h9-10,13-14,18-19,21,24,30H,6-8,11-12,15-17,20H2,1-5H3,(H,33,36)/t21?,24?,30-/m0/s1. The number of benzene rings is 2. The number of amides is 2. The van der Waals surface area contributed by atoms with Crippen molar-refractivity contribution in [3.63, 3.8) is 0 Å². The molecule has 1 saturated carbocycles. The van der Waals surface area contributed by atoms with Crippen LogP contribution in [-0.2, 0) is 16.0 Å². The summed E-state index contributed by atoms with van der Waals surface area (Å²) in [6.45, 7) is 5.09. The number of ether oxygens (including phenoxy) is 4. The Morgan fingerprint density at radius 2 is 1.60 bits per heavy atom.